The van der Waals surface area contributed by atoms with Crippen molar-refractivity contribution >= 4 is 63.5 Å². The SMILES string of the molecule is COc1ccc(/C=C2/SC(=S)N(Cc3ccccc3)C2=O)cc1OCc1ccc(Cl)cc1Cl. The van der Waals surface area contributed by atoms with Crippen molar-refractivity contribution in [3.05, 3.63) is 98.4 Å². The molecular weight excluding hydrogens is 497 g/mol. The number of methoxy groups -OCH3 is 1. The highest BCUT2D eigenvalue weighted by molar-refractivity contribution is 8.26. The van der Waals surface area contributed by atoms with E-state index < -0.39 is 0 Å². The van der Waals surface area contributed by atoms with Crippen molar-refractivity contribution in [2.45, 2.75) is 13.2 Å². The molecule has 0 aromatic heterocycles. The van der Waals surface area contributed by atoms with Crippen molar-refractivity contribution in [3.8, 4) is 11.5 Å². The van der Waals surface area contributed by atoms with Crippen LogP contribution in [0.15, 0.2) is 71.6 Å². The van der Waals surface area contributed by atoms with Crippen LogP contribution in [0.1, 0.15) is 16.7 Å². The Morgan fingerprint density at radius 1 is 1.03 bits per heavy atom. The second-order valence-electron chi connectivity index (χ2n) is 7.19. The van der Waals surface area contributed by atoms with Crippen LogP contribution in [-0.2, 0) is 17.9 Å². The highest BCUT2D eigenvalue weighted by Gasteiger charge is 2.32. The van der Waals surface area contributed by atoms with Crippen molar-refractivity contribution in [3.63, 3.8) is 0 Å². The summed E-state index contributed by atoms with van der Waals surface area (Å²) in [6, 6.07) is 20.5. The minimum atomic E-state index is -0.111. The summed E-state index contributed by atoms with van der Waals surface area (Å²) in [4.78, 5) is 15.2. The normalized spacial score (nSPS) is 14.8. The molecule has 0 radical (unpaired) electrons. The molecule has 168 valence electrons. The summed E-state index contributed by atoms with van der Waals surface area (Å²) >= 11 is 19.0. The number of ether oxygens (including phenoxy) is 2. The number of carbonyl (C=O) groups excluding carboxylic acids is 1. The molecule has 1 aliphatic rings. The Balaban J connectivity index is 1.53. The lowest BCUT2D eigenvalue weighted by Crippen LogP contribution is -2.27. The van der Waals surface area contributed by atoms with Crippen LogP contribution >= 0.6 is 47.2 Å². The number of amides is 1. The number of hydrogen-bond acceptors (Lipinski definition) is 5. The van der Waals surface area contributed by atoms with E-state index in [9.17, 15) is 4.79 Å². The summed E-state index contributed by atoms with van der Waals surface area (Å²) in [7, 11) is 1.58. The molecule has 0 spiro atoms. The maximum atomic E-state index is 13.0. The Morgan fingerprint density at radius 2 is 1.82 bits per heavy atom. The lowest BCUT2D eigenvalue weighted by atomic mass is 10.1. The molecule has 1 saturated heterocycles. The third-order valence-corrected chi connectivity index (χ3v) is 6.91. The van der Waals surface area contributed by atoms with E-state index >= 15 is 0 Å². The highest BCUT2D eigenvalue weighted by atomic mass is 35.5. The molecule has 0 atom stereocenters. The van der Waals surface area contributed by atoms with Gasteiger partial charge < -0.3 is 9.47 Å². The molecule has 4 rings (SSSR count). The quantitative estimate of drug-likeness (QED) is 0.250. The lowest BCUT2D eigenvalue weighted by Gasteiger charge is -2.14. The zero-order valence-corrected chi connectivity index (χ0v) is 20.7. The fourth-order valence-corrected chi connectivity index (χ4v) is 4.96. The molecule has 0 bridgehead atoms. The third kappa shape index (κ3) is 5.71. The summed E-state index contributed by atoms with van der Waals surface area (Å²) in [6.45, 7) is 0.691. The van der Waals surface area contributed by atoms with Gasteiger partial charge in [0, 0.05) is 15.6 Å². The van der Waals surface area contributed by atoms with Crippen LogP contribution in [0.2, 0.25) is 10.0 Å². The number of halogens is 2. The summed E-state index contributed by atoms with van der Waals surface area (Å²) < 4.78 is 11.9. The molecular formula is C25H19Cl2NO3S2. The van der Waals surface area contributed by atoms with Crippen molar-refractivity contribution in [1.82, 2.24) is 4.90 Å². The molecule has 0 N–H and O–H groups in total. The largest absolute Gasteiger partial charge is 0.493 e. The van der Waals surface area contributed by atoms with Gasteiger partial charge in [0.25, 0.3) is 5.91 Å². The summed E-state index contributed by atoms with van der Waals surface area (Å²) in [5.41, 5.74) is 2.62. The molecule has 0 saturated carbocycles. The molecule has 8 heteroatoms. The summed E-state index contributed by atoms with van der Waals surface area (Å²) in [6.07, 6.45) is 1.81. The average Bonchev–Trinajstić information content (AvgIpc) is 3.06. The first kappa shape index (κ1) is 23.6. The van der Waals surface area contributed by atoms with Gasteiger partial charge in [-0.2, -0.15) is 0 Å². The molecule has 33 heavy (non-hydrogen) atoms. The highest BCUT2D eigenvalue weighted by Crippen LogP contribution is 2.36. The topological polar surface area (TPSA) is 38.8 Å². The number of thioether (sulfide) groups is 1. The minimum absolute atomic E-state index is 0.111. The van der Waals surface area contributed by atoms with E-state index in [0.29, 0.717) is 37.3 Å². The van der Waals surface area contributed by atoms with Gasteiger partial charge in [0.1, 0.15) is 10.9 Å². The van der Waals surface area contributed by atoms with E-state index in [2.05, 4.69) is 0 Å². The number of carbonyl (C=O) groups is 1. The first-order chi connectivity index (χ1) is 15.9. The second kappa shape index (κ2) is 10.6. The first-order valence-electron chi connectivity index (χ1n) is 9.98. The number of hydrogen-bond donors (Lipinski definition) is 0. The van der Waals surface area contributed by atoms with E-state index in [1.165, 1.54) is 11.8 Å². The van der Waals surface area contributed by atoms with Crippen molar-refractivity contribution in [1.29, 1.82) is 0 Å². The maximum absolute atomic E-state index is 13.0. The molecule has 0 aliphatic carbocycles. The second-order valence-corrected chi connectivity index (χ2v) is 9.71. The zero-order chi connectivity index (χ0) is 23.4. The lowest BCUT2D eigenvalue weighted by molar-refractivity contribution is -0.122. The van der Waals surface area contributed by atoms with E-state index in [4.69, 9.17) is 44.9 Å². The number of nitrogens with zero attached hydrogens (tertiary/aromatic N) is 1. The Kier molecular flexibility index (Phi) is 7.60. The molecule has 1 heterocycles. The minimum Gasteiger partial charge on any atom is -0.493 e. The van der Waals surface area contributed by atoms with Crippen LogP contribution in [0.3, 0.4) is 0 Å². The molecule has 3 aromatic carbocycles. The molecule has 1 fully saturated rings. The van der Waals surface area contributed by atoms with E-state index in [-0.39, 0.29) is 12.5 Å². The van der Waals surface area contributed by atoms with Gasteiger partial charge >= 0.3 is 0 Å². The van der Waals surface area contributed by atoms with Crippen molar-refractivity contribution < 1.29 is 14.3 Å². The van der Waals surface area contributed by atoms with E-state index in [1.54, 1.807) is 30.2 Å². The first-order valence-corrected chi connectivity index (χ1v) is 12.0. The monoisotopic (exact) mass is 515 g/mol. The van der Waals surface area contributed by atoms with Gasteiger partial charge in [0.05, 0.1) is 18.6 Å². The molecule has 0 unspecified atom stereocenters. The molecule has 1 amide bonds. The fourth-order valence-electron chi connectivity index (χ4n) is 3.24. The van der Waals surface area contributed by atoms with Gasteiger partial charge in [-0.1, -0.05) is 89.6 Å². The van der Waals surface area contributed by atoms with E-state index in [1.807, 2.05) is 54.6 Å². The Labute approximate surface area is 212 Å². The van der Waals surface area contributed by atoms with Crippen LogP contribution in [0.4, 0.5) is 0 Å². The van der Waals surface area contributed by atoms with Gasteiger partial charge in [-0.05, 0) is 41.5 Å². The van der Waals surface area contributed by atoms with Gasteiger partial charge in [0.15, 0.2) is 11.5 Å². The molecule has 3 aromatic rings. The van der Waals surface area contributed by atoms with Gasteiger partial charge in [-0.25, -0.2) is 0 Å². The Morgan fingerprint density at radius 3 is 2.55 bits per heavy atom. The smallest absolute Gasteiger partial charge is 0.266 e. The van der Waals surface area contributed by atoms with Gasteiger partial charge in [-0.15, -0.1) is 0 Å². The summed E-state index contributed by atoms with van der Waals surface area (Å²) in [5.74, 6) is 1.01. The number of benzene rings is 3. The summed E-state index contributed by atoms with van der Waals surface area (Å²) in [5, 5.41) is 1.09. The molecule has 4 nitrogen and oxygen atoms in total. The predicted molar refractivity (Wildman–Crippen MR) is 139 cm³/mol. The van der Waals surface area contributed by atoms with Crippen LogP contribution < -0.4 is 9.47 Å². The van der Waals surface area contributed by atoms with Gasteiger partial charge in [0.2, 0.25) is 0 Å². The van der Waals surface area contributed by atoms with Crippen molar-refractivity contribution in [2.75, 3.05) is 7.11 Å². The average molecular weight is 516 g/mol. The Hall–Kier alpha value is -2.51. The molecule has 1 aliphatic heterocycles. The zero-order valence-electron chi connectivity index (χ0n) is 17.6. The van der Waals surface area contributed by atoms with Gasteiger partial charge in [-0.3, -0.25) is 9.69 Å². The van der Waals surface area contributed by atoms with E-state index in [0.717, 1.165) is 16.7 Å². The van der Waals surface area contributed by atoms with Crippen molar-refractivity contribution in [2.24, 2.45) is 0 Å². The van der Waals surface area contributed by atoms with Crippen LogP contribution in [0.25, 0.3) is 6.08 Å². The third-order valence-electron chi connectivity index (χ3n) is 4.94. The van der Waals surface area contributed by atoms with Crippen LogP contribution in [0, 0.1) is 0 Å². The standard InChI is InChI=1S/C25H19Cl2NO3S2/c1-30-21-10-7-17(11-22(21)31-15-18-8-9-19(26)13-20(18)27)12-23-24(29)28(25(32)33-23)14-16-5-3-2-4-6-16/h2-13H,14-15H2,1H3/b23-12+. The van der Waals surface area contributed by atoms with Crippen LogP contribution in [0.5, 0.6) is 11.5 Å². The number of rotatable bonds is 7. The maximum Gasteiger partial charge on any atom is 0.266 e. The number of thiocarbonyl (C=S) groups is 1. The van der Waals surface area contributed by atoms with Crippen LogP contribution in [-0.4, -0.2) is 22.2 Å². The fraction of sp³-hybridized carbons (Fsp3) is 0.120. The Bertz CT molecular complexity index is 1230. The predicted octanol–water partition coefficient (Wildman–Crippen LogP) is 6.98.